The van der Waals surface area contributed by atoms with E-state index in [1.54, 1.807) is 0 Å². The molecule has 3 rings (SSSR count). The van der Waals surface area contributed by atoms with Crippen LogP contribution in [0.15, 0.2) is 30.3 Å². The summed E-state index contributed by atoms with van der Waals surface area (Å²) in [5, 5.41) is 4.51. The average molecular weight is 270 g/mol. The summed E-state index contributed by atoms with van der Waals surface area (Å²) in [7, 11) is 0. The predicted molar refractivity (Wildman–Crippen MR) is 80.2 cm³/mol. The molecular formula is C16H22N4. The molecule has 0 saturated carbocycles. The van der Waals surface area contributed by atoms with E-state index in [1.165, 1.54) is 16.8 Å². The van der Waals surface area contributed by atoms with Gasteiger partial charge in [-0.2, -0.15) is 5.10 Å². The Kier molecular flexibility index (Phi) is 3.59. The smallest absolute Gasteiger partial charge is 0.0635 e. The Bertz CT molecular complexity index is 602. The highest BCUT2D eigenvalue weighted by molar-refractivity contribution is 5.40. The zero-order valence-electron chi connectivity index (χ0n) is 12.1. The summed E-state index contributed by atoms with van der Waals surface area (Å²) in [6, 6.07) is 11.0. The number of fused-ring (bicyclic) bond motifs is 1. The summed E-state index contributed by atoms with van der Waals surface area (Å²) in [6.45, 7) is 5.02. The Hall–Kier alpha value is -1.65. The van der Waals surface area contributed by atoms with Gasteiger partial charge in [0.2, 0.25) is 0 Å². The van der Waals surface area contributed by atoms with Gasteiger partial charge in [0.15, 0.2) is 0 Å². The molecule has 4 nitrogen and oxygen atoms in total. The fraction of sp³-hybridized carbons (Fsp3) is 0.438. The highest BCUT2D eigenvalue weighted by atomic mass is 15.3. The molecule has 0 aliphatic heterocycles. The van der Waals surface area contributed by atoms with Crippen molar-refractivity contribution in [2.75, 3.05) is 0 Å². The number of benzene rings is 1. The van der Waals surface area contributed by atoms with Crippen LogP contribution >= 0.6 is 0 Å². The first-order chi connectivity index (χ1) is 9.72. The van der Waals surface area contributed by atoms with E-state index in [2.05, 4.69) is 47.8 Å². The number of nitrogens with two attached hydrogens (primary N) is 1. The first-order valence-corrected chi connectivity index (χ1v) is 7.31. The maximum absolute atomic E-state index is 5.79. The lowest BCUT2D eigenvalue weighted by Gasteiger charge is -2.33. The molecule has 0 saturated heterocycles. The molecule has 2 atom stereocenters. The fourth-order valence-corrected chi connectivity index (χ4v) is 3.23. The number of nitrogens with zero attached hydrogens (tertiary/aromatic N) is 2. The Balaban J connectivity index is 1.79. The summed E-state index contributed by atoms with van der Waals surface area (Å²) in [5.41, 5.74) is 8.18. The molecule has 0 amide bonds. The van der Waals surface area contributed by atoms with Gasteiger partial charge < -0.3 is 0 Å². The van der Waals surface area contributed by atoms with Gasteiger partial charge >= 0.3 is 0 Å². The third kappa shape index (κ3) is 2.25. The standard InChI is InChI=1S/C16H22N4/c1-3-20-16(8-11(2)19-20)15(18-17)10-13-9-12-6-4-5-7-14(12)13/h4-8,13,15,18H,3,9-10,17H2,1-2H3. The molecule has 1 aliphatic rings. The second-order valence-corrected chi connectivity index (χ2v) is 5.58. The molecule has 3 N–H and O–H groups in total. The van der Waals surface area contributed by atoms with E-state index >= 15 is 0 Å². The maximum atomic E-state index is 5.79. The molecule has 4 heteroatoms. The van der Waals surface area contributed by atoms with Crippen LogP contribution in [0.4, 0.5) is 0 Å². The molecule has 1 aliphatic carbocycles. The van der Waals surface area contributed by atoms with Gasteiger partial charge in [0.05, 0.1) is 17.4 Å². The average Bonchev–Trinajstić information content (AvgIpc) is 2.81. The van der Waals surface area contributed by atoms with Crippen molar-refractivity contribution in [3.8, 4) is 0 Å². The predicted octanol–water partition coefficient (Wildman–Crippen LogP) is 2.45. The second-order valence-electron chi connectivity index (χ2n) is 5.58. The minimum atomic E-state index is 0.162. The van der Waals surface area contributed by atoms with Crippen molar-refractivity contribution in [2.45, 2.75) is 45.2 Å². The molecule has 1 aromatic heterocycles. The van der Waals surface area contributed by atoms with Crippen LogP contribution in [0.3, 0.4) is 0 Å². The Morgan fingerprint density at radius 2 is 2.25 bits per heavy atom. The van der Waals surface area contributed by atoms with Gasteiger partial charge in [0.25, 0.3) is 0 Å². The van der Waals surface area contributed by atoms with Gasteiger partial charge in [-0.15, -0.1) is 0 Å². The largest absolute Gasteiger partial charge is 0.271 e. The van der Waals surface area contributed by atoms with Gasteiger partial charge in [-0.3, -0.25) is 16.0 Å². The SMILES string of the molecule is CCn1nc(C)cc1C(CC1Cc2ccccc21)NN. The topological polar surface area (TPSA) is 55.9 Å². The van der Waals surface area contributed by atoms with Crippen LogP contribution in [0, 0.1) is 6.92 Å². The molecule has 0 spiro atoms. The molecule has 1 aromatic carbocycles. The van der Waals surface area contributed by atoms with Crippen LogP contribution in [-0.2, 0) is 13.0 Å². The van der Waals surface area contributed by atoms with Gasteiger partial charge in [-0.1, -0.05) is 24.3 Å². The van der Waals surface area contributed by atoms with Crippen molar-refractivity contribution < 1.29 is 0 Å². The van der Waals surface area contributed by atoms with Crippen molar-refractivity contribution >= 4 is 0 Å². The van der Waals surface area contributed by atoms with Crippen molar-refractivity contribution in [2.24, 2.45) is 5.84 Å². The van der Waals surface area contributed by atoms with Gasteiger partial charge in [0, 0.05) is 6.54 Å². The maximum Gasteiger partial charge on any atom is 0.0635 e. The lowest BCUT2D eigenvalue weighted by atomic mass is 9.74. The lowest BCUT2D eigenvalue weighted by molar-refractivity contribution is 0.409. The highest BCUT2D eigenvalue weighted by Crippen LogP contribution is 2.40. The Morgan fingerprint density at radius 1 is 1.45 bits per heavy atom. The number of rotatable bonds is 5. The minimum Gasteiger partial charge on any atom is -0.271 e. The van der Waals surface area contributed by atoms with E-state index in [0.717, 1.165) is 25.1 Å². The molecular weight excluding hydrogens is 248 g/mol. The van der Waals surface area contributed by atoms with Gasteiger partial charge in [0.1, 0.15) is 0 Å². The zero-order valence-corrected chi connectivity index (χ0v) is 12.1. The van der Waals surface area contributed by atoms with Crippen LogP contribution < -0.4 is 11.3 Å². The monoisotopic (exact) mass is 270 g/mol. The number of hydrogen-bond donors (Lipinski definition) is 2. The number of aryl methyl sites for hydroxylation is 2. The minimum absolute atomic E-state index is 0.162. The molecule has 2 unspecified atom stereocenters. The summed E-state index contributed by atoms with van der Waals surface area (Å²) < 4.78 is 2.05. The van der Waals surface area contributed by atoms with Crippen LogP contribution in [0.25, 0.3) is 0 Å². The molecule has 0 bridgehead atoms. The van der Waals surface area contributed by atoms with Crippen molar-refractivity contribution in [3.05, 3.63) is 52.8 Å². The van der Waals surface area contributed by atoms with Gasteiger partial charge in [-0.05, 0) is 49.8 Å². The van der Waals surface area contributed by atoms with Crippen molar-refractivity contribution in [3.63, 3.8) is 0 Å². The number of nitrogens with one attached hydrogen (secondary N) is 1. The first kappa shape index (κ1) is 13.3. The van der Waals surface area contributed by atoms with Crippen molar-refractivity contribution in [1.82, 2.24) is 15.2 Å². The first-order valence-electron chi connectivity index (χ1n) is 7.31. The van der Waals surface area contributed by atoms with E-state index in [1.807, 2.05) is 11.6 Å². The highest BCUT2D eigenvalue weighted by Gasteiger charge is 2.29. The van der Waals surface area contributed by atoms with E-state index in [4.69, 9.17) is 5.84 Å². The van der Waals surface area contributed by atoms with Crippen LogP contribution in [0.5, 0.6) is 0 Å². The second kappa shape index (κ2) is 5.38. The summed E-state index contributed by atoms with van der Waals surface area (Å²) in [4.78, 5) is 0. The van der Waals surface area contributed by atoms with Gasteiger partial charge in [-0.25, -0.2) is 0 Å². The fourth-order valence-electron chi connectivity index (χ4n) is 3.23. The summed E-state index contributed by atoms with van der Waals surface area (Å²) in [5.74, 6) is 6.40. The zero-order chi connectivity index (χ0) is 14.1. The molecule has 2 aromatic rings. The van der Waals surface area contributed by atoms with Crippen LogP contribution in [0.2, 0.25) is 0 Å². The number of hydrogen-bond acceptors (Lipinski definition) is 3. The normalized spacial score (nSPS) is 18.4. The van der Waals surface area contributed by atoms with E-state index in [-0.39, 0.29) is 6.04 Å². The van der Waals surface area contributed by atoms with Crippen LogP contribution in [0.1, 0.15) is 47.8 Å². The van der Waals surface area contributed by atoms with E-state index in [9.17, 15) is 0 Å². The quantitative estimate of drug-likeness (QED) is 0.648. The third-order valence-corrected chi connectivity index (χ3v) is 4.27. The molecule has 20 heavy (non-hydrogen) atoms. The molecule has 0 fully saturated rings. The van der Waals surface area contributed by atoms with E-state index < -0.39 is 0 Å². The lowest BCUT2D eigenvalue weighted by Crippen LogP contribution is -2.33. The Morgan fingerprint density at radius 3 is 2.95 bits per heavy atom. The van der Waals surface area contributed by atoms with Crippen molar-refractivity contribution in [1.29, 1.82) is 0 Å². The molecule has 1 heterocycles. The third-order valence-electron chi connectivity index (χ3n) is 4.27. The Labute approximate surface area is 120 Å². The summed E-state index contributed by atoms with van der Waals surface area (Å²) >= 11 is 0. The molecule has 0 radical (unpaired) electrons. The number of aromatic nitrogens is 2. The van der Waals surface area contributed by atoms with E-state index in [0.29, 0.717) is 5.92 Å². The van der Waals surface area contributed by atoms with Crippen LogP contribution in [-0.4, -0.2) is 9.78 Å². The summed E-state index contributed by atoms with van der Waals surface area (Å²) in [6.07, 6.45) is 2.19. The number of hydrazine groups is 1. The molecule has 106 valence electrons.